The summed E-state index contributed by atoms with van der Waals surface area (Å²) in [6.45, 7) is 7.31. The summed E-state index contributed by atoms with van der Waals surface area (Å²) in [5.74, 6) is 0.275. The molecule has 1 saturated heterocycles. The first-order valence-electron chi connectivity index (χ1n) is 14.3. The van der Waals surface area contributed by atoms with E-state index in [0.717, 1.165) is 17.5 Å². The number of carbonyl (C=O) groups is 2. The Hall–Kier alpha value is -4.57. The van der Waals surface area contributed by atoms with Gasteiger partial charge >= 0.3 is 5.91 Å². The number of fused-ring (bicyclic) bond motifs is 1. The fourth-order valence-electron chi connectivity index (χ4n) is 4.95. The summed E-state index contributed by atoms with van der Waals surface area (Å²) in [6.07, 6.45) is 1.86. The van der Waals surface area contributed by atoms with Gasteiger partial charge in [0.1, 0.15) is 17.3 Å². The number of benzene rings is 3. The van der Waals surface area contributed by atoms with E-state index in [2.05, 4.69) is 6.92 Å². The third-order valence-corrected chi connectivity index (χ3v) is 8.00. The monoisotopic (exact) mass is 602 g/mol. The van der Waals surface area contributed by atoms with Crippen LogP contribution in [0.1, 0.15) is 50.8 Å². The molecule has 9 nitrogen and oxygen atoms in total. The zero-order valence-corrected chi connectivity index (χ0v) is 25.4. The molecule has 4 aromatic rings. The number of methoxy groups -OCH3 is 1. The molecule has 1 fully saturated rings. The second-order valence-corrected chi connectivity index (χ2v) is 10.8. The van der Waals surface area contributed by atoms with Crippen molar-refractivity contribution >= 4 is 44.1 Å². The predicted octanol–water partition coefficient (Wildman–Crippen LogP) is 6.91. The van der Waals surface area contributed by atoms with E-state index in [1.807, 2.05) is 32.0 Å². The van der Waals surface area contributed by atoms with Gasteiger partial charge in [0.05, 0.1) is 48.8 Å². The highest BCUT2D eigenvalue weighted by Crippen LogP contribution is 2.46. The van der Waals surface area contributed by atoms with Gasteiger partial charge in [-0.3, -0.25) is 14.5 Å². The first kappa shape index (κ1) is 29.9. The normalized spacial score (nSPS) is 16.1. The zero-order valence-electron chi connectivity index (χ0n) is 24.6. The third-order valence-electron chi connectivity index (χ3n) is 6.99. The van der Waals surface area contributed by atoms with E-state index in [9.17, 15) is 14.7 Å². The third kappa shape index (κ3) is 6.01. The zero-order chi connectivity index (χ0) is 30.5. The van der Waals surface area contributed by atoms with Crippen LogP contribution in [0.3, 0.4) is 0 Å². The number of ketones is 1. The Bertz CT molecular complexity index is 1680. The molecule has 3 aromatic carbocycles. The maximum Gasteiger partial charge on any atom is 0.301 e. The molecule has 2 heterocycles. The highest BCUT2D eigenvalue weighted by atomic mass is 32.1. The summed E-state index contributed by atoms with van der Waals surface area (Å²) < 4.78 is 23.5. The maximum absolute atomic E-state index is 13.7. The molecule has 1 unspecified atom stereocenters. The highest BCUT2D eigenvalue weighted by molar-refractivity contribution is 7.22. The Morgan fingerprint density at radius 2 is 1.72 bits per heavy atom. The fraction of sp³-hybridized carbons (Fsp3) is 0.303. The van der Waals surface area contributed by atoms with Crippen molar-refractivity contribution in [2.24, 2.45) is 0 Å². The second kappa shape index (κ2) is 13.2. The molecule has 0 bridgehead atoms. The Kier molecular flexibility index (Phi) is 9.16. The van der Waals surface area contributed by atoms with Crippen molar-refractivity contribution in [3.05, 3.63) is 77.4 Å². The standard InChI is InChI=1S/C33H34N2O7S/c1-5-8-16-42-22-11-9-10-21(17-22)30(36)28-29(20-12-15-25(41-7-3)26(18-20)39-4)35(32(38)31(28)37)33-34-24-14-13-23(40-6-2)19-27(24)43-33/h9-15,17-19,29,36H,5-8,16H2,1-4H3/b30-28+. The fourth-order valence-corrected chi connectivity index (χ4v) is 5.97. The quantitative estimate of drug-likeness (QED) is 0.0807. The number of aliphatic hydroxyl groups excluding tert-OH is 1. The lowest BCUT2D eigenvalue weighted by molar-refractivity contribution is -0.132. The lowest BCUT2D eigenvalue weighted by Gasteiger charge is -2.24. The number of aliphatic hydroxyl groups is 1. The maximum atomic E-state index is 13.7. The number of unbranched alkanes of at least 4 members (excludes halogenated alkanes) is 1. The smallest absolute Gasteiger partial charge is 0.301 e. The van der Waals surface area contributed by atoms with Gasteiger partial charge in [0.15, 0.2) is 16.6 Å². The molecule has 5 rings (SSSR count). The Morgan fingerprint density at radius 3 is 2.47 bits per heavy atom. The van der Waals surface area contributed by atoms with Gasteiger partial charge in [-0.15, -0.1) is 0 Å². The summed E-state index contributed by atoms with van der Waals surface area (Å²) in [4.78, 5) is 33.5. The molecule has 1 aliphatic heterocycles. The Labute approximate surface area is 254 Å². The van der Waals surface area contributed by atoms with Crippen LogP contribution in [0.2, 0.25) is 0 Å². The number of aromatic nitrogens is 1. The molecule has 1 aromatic heterocycles. The van der Waals surface area contributed by atoms with Crippen LogP contribution in [0.25, 0.3) is 16.0 Å². The molecule has 224 valence electrons. The summed E-state index contributed by atoms with van der Waals surface area (Å²) in [7, 11) is 1.52. The lowest BCUT2D eigenvalue weighted by atomic mass is 9.95. The number of amides is 1. The number of anilines is 1. The number of hydrogen-bond donors (Lipinski definition) is 1. The van der Waals surface area contributed by atoms with Gasteiger partial charge in [0.25, 0.3) is 5.78 Å². The van der Waals surface area contributed by atoms with Crippen LogP contribution in [-0.2, 0) is 9.59 Å². The number of carbonyl (C=O) groups excluding carboxylic acids is 2. The van der Waals surface area contributed by atoms with E-state index < -0.39 is 17.7 Å². The minimum Gasteiger partial charge on any atom is -0.507 e. The number of Topliss-reactive ketones (excluding diaryl/α,β-unsaturated/α-hetero) is 1. The minimum atomic E-state index is -0.985. The summed E-state index contributed by atoms with van der Waals surface area (Å²) in [6, 6.07) is 16.6. The van der Waals surface area contributed by atoms with Gasteiger partial charge < -0.3 is 24.1 Å². The molecule has 0 radical (unpaired) electrons. The predicted molar refractivity (Wildman–Crippen MR) is 167 cm³/mol. The van der Waals surface area contributed by atoms with E-state index in [4.69, 9.17) is 23.9 Å². The molecular formula is C33H34N2O7S. The Balaban J connectivity index is 1.66. The van der Waals surface area contributed by atoms with Crippen LogP contribution in [0.5, 0.6) is 23.0 Å². The molecule has 1 N–H and O–H groups in total. The summed E-state index contributed by atoms with van der Waals surface area (Å²) >= 11 is 1.26. The van der Waals surface area contributed by atoms with Crippen LogP contribution < -0.4 is 23.8 Å². The number of ether oxygens (including phenoxy) is 4. The van der Waals surface area contributed by atoms with Crippen molar-refractivity contribution in [1.82, 2.24) is 4.98 Å². The number of nitrogens with zero attached hydrogens (tertiary/aromatic N) is 2. The average molecular weight is 603 g/mol. The number of thiazole rings is 1. The molecule has 1 atom stereocenters. The summed E-state index contributed by atoms with van der Waals surface area (Å²) in [5, 5.41) is 12.0. The van der Waals surface area contributed by atoms with Crippen LogP contribution in [0, 0.1) is 0 Å². The first-order valence-corrected chi connectivity index (χ1v) is 15.1. The molecular weight excluding hydrogens is 568 g/mol. The molecule has 1 amide bonds. The topological polar surface area (TPSA) is 107 Å². The van der Waals surface area contributed by atoms with Crippen LogP contribution in [0.15, 0.2) is 66.2 Å². The minimum absolute atomic E-state index is 0.0591. The second-order valence-electron chi connectivity index (χ2n) is 9.80. The van der Waals surface area contributed by atoms with Crippen LogP contribution >= 0.6 is 11.3 Å². The SMILES string of the molecule is CCCCOc1cccc(/C(O)=C2\C(=O)C(=O)N(c3nc4ccc(OCC)cc4s3)C2c2ccc(OCC)c(OC)c2)c1. The largest absolute Gasteiger partial charge is 0.507 e. The molecule has 10 heteroatoms. The highest BCUT2D eigenvalue weighted by Gasteiger charge is 2.48. The van der Waals surface area contributed by atoms with E-state index in [1.54, 1.807) is 42.5 Å². The van der Waals surface area contributed by atoms with Gasteiger partial charge in [0, 0.05) is 5.56 Å². The Morgan fingerprint density at radius 1 is 0.930 bits per heavy atom. The van der Waals surface area contributed by atoms with Crippen molar-refractivity contribution in [3.8, 4) is 23.0 Å². The number of rotatable bonds is 12. The molecule has 43 heavy (non-hydrogen) atoms. The van der Waals surface area contributed by atoms with Crippen LogP contribution in [-0.4, -0.2) is 48.7 Å². The van der Waals surface area contributed by atoms with Gasteiger partial charge in [0.2, 0.25) is 0 Å². The van der Waals surface area contributed by atoms with Crippen molar-refractivity contribution in [2.45, 2.75) is 39.7 Å². The van der Waals surface area contributed by atoms with E-state index >= 15 is 0 Å². The summed E-state index contributed by atoms with van der Waals surface area (Å²) in [5.41, 5.74) is 1.51. The molecule has 0 spiro atoms. The van der Waals surface area contributed by atoms with Gasteiger partial charge in [-0.2, -0.15) is 0 Å². The van der Waals surface area contributed by atoms with Gasteiger partial charge in [-0.25, -0.2) is 4.98 Å². The average Bonchev–Trinajstić information content (AvgIpc) is 3.55. The van der Waals surface area contributed by atoms with Gasteiger partial charge in [-0.05, 0) is 68.3 Å². The first-order chi connectivity index (χ1) is 20.9. The van der Waals surface area contributed by atoms with Gasteiger partial charge in [-0.1, -0.05) is 42.9 Å². The van der Waals surface area contributed by atoms with E-state index in [-0.39, 0.29) is 11.3 Å². The van der Waals surface area contributed by atoms with E-state index in [1.165, 1.54) is 23.3 Å². The molecule has 0 aliphatic carbocycles. The lowest BCUT2D eigenvalue weighted by Crippen LogP contribution is -2.29. The number of hydrogen-bond acceptors (Lipinski definition) is 9. The van der Waals surface area contributed by atoms with Crippen LogP contribution in [0.4, 0.5) is 5.13 Å². The van der Waals surface area contributed by atoms with Crippen molar-refractivity contribution in [3.63, 3.8) is 0 Å². The van der Waals surface area contributed by atoms with E-state index in [0.29, 0.717) is 64.6 Å². The van der Waals surface area contributed by atoms with Crippen molar-refractivity contribution in [2.75, 3.05) is 31.8 Å². The molecule has 0 saturated carbocycles. The molecule has 1 aliphatic rings. The van der Waals surface area contributed by atoms with Crippen molar-refractivity contribution in [1.29, 1.82) is 0 Å². The van der Waals surface area contributed by atoms with Crippen molar-refractivity contribution < 1.29 is 33.6 Å².